The molecule has 0 unspecified atom stereocenters. The fraction of sp³-hybridized carbons (Fsp3) is 0.278. The lowest BCUT2D eigenvalue weighted by atomic mass is 10.2. The van der Waals surface area contributed by atoms with E-state index in [1.54, 1.807) is 26.6 Å². The molecule has 4 heterocycles. The number of benzene rings is 3. The maximum absolute atomic E-state index is 5.51. The minimum Gasteiger partial charge on any atom is -0.497 e. The van der Waals surface area contributed by atoms with E-state index in [2.05, 4.69) is 71.4 Å². The van der Waals surface area contributed by atoms with Gasteiger partial charge in [0.2, 0.25) is 35.7 Å². The highest BCUT2D eigenvalue weighted by Crippen LogP contribution is 2.23. The Morgan fingerprint density at radius 3 is 1.26 bits per heavy atom. The molecule has 2 saturated heterocycles. The molecule has 2 aliphatic rings. The summed E-state index contributed by atoms with van der Waals surface area (Å²) in [7, 11) is 3.26. The summed E-state index contributed by atoms with van der Waals surface area (Å²) in [6, 6.07) is 22.7. The third-order valence-electron chi connectivity index (χ3n) is 8.22. The molecule has 0 bridgehead atoms. The number of methoxy groups -OCH3 is 2. The van der Waals surface area contributed by atoms with Gasteiger partial charge in [-0.2, -0.15) is 40.1 Å². The summed E-state index contributed by atoms with van der Waals surface area (Å²) in [6.07, 6.45) is 3.37. The Kier molecular flexibility index (Phi) is 11.7. The Morgan fingerprint density at radius 2 is 0.889 bits per heavy atom. The fourth-order valence-electron chi connectivity index (χ4n) is 5.35. The quantitative estimate of drug-likeness (QED) is 0.0940. The van der Waals surface area contributed by atoms with E-state index >= 15 is 0 Å². The highest BCUT2D eigenvalue weighted by molar-refractivity contribution is 5.84. The average Bonchev–Trinajstić information content (AvgIpc) is 3.22. The predicted octanol–water partition coefficient (Wildman–Crippen LogP) is 4.13. The van der Waals surface area contributed by atoms with Gasteiger partial charge >= 0.3 is 0 Å². The summed E-state index contributed by atoms with van der Waals surface area (Å²) in [5.41, 5.74) is 9.22. The molecule has 4 N–H and O–H groups in total. The molecule has 54 heavy (non-hydrogen) atoms. The Bertz CT molecular complexity index is 1870. The molecule has 3 aromatic carbocycles. The summed E-state index contributed by atoms with van der Waals surface area (Å²) in [6.45, 7) is 5.09. The lowest BCUT2D eigenvalue weighted by molar-refractivity contribution is 0.122. The Morgan fingerprint density at radius 1 is 0.519 bits per heavy atom. The summed E-state index contributed by atoms with van der Waals surface area (Å²) in [4.78, 5) is 31.7. The fourth-order valence-corrected chi connectivity index (χ4v) is 5.35. The summed E-state index contributed by atoms with van der Waals surface area (Å²) < 4.78 is 21.5. The van der Waals surface area contributed by atoms with Gasteiger partial charge in [0.25, 0.3) is 0 Å². The topological polar surface area (TPSA) is 194 Å². The molecule has 0 atom stereocenters. The summed E-state index contributed by atoms with van der Waals surface area (Å²) in [5.74, 6) is 3.92. The molecule has 5 aromatic rings. The number of hydrogen-bond donors (Lipinski definition) is 4. The molecule has 0 aliphatic carbocycles. The van der Waals surface area contributed by atoms with Gasteiger partial charge in [-0.25, -0.2) is 10.9 Å². The van der Waals surface area contributed by atoms with Crippen LogP contribution in [0.1, 0.15) is 11.1 Å². The van der Waals surface area contributed by atoms with Crippen LogP contribution in [-0.4, -0.2) is 109 Å². The number of hydrogen-bond acceptors (Lipinski definition) is 18. The predicted molar refractivity (Wildman–Crippen MR) is 207 cm³/mol. The molecule has 278 valence electrons. The number of morpholine rings is 2. The SMILES string of the molecule is COc1ccc(Nc2nc(N/N=C\c3ccc(/C=N\Nc4nc(Nc5ccc(OC)cc5)nc(N5CCOCC5)n4)cc3)nc(N3CCOCC3)n2)cc1. The van der Waals surface area contributed by atoms with Gasteiger partial charge in [0.1, 0.15) is 11.5 Å². The van der Waals surface area contributed by atoms with Gasteiger partial charge in [-0.1, -0.05) is 24.3 Å². The maximum atomic E-state index is 5.51. The second-order valence-corrected chi connectivity index (χ2v) is 11.9. The van der Waals surface area contributed by atoms with E-state index in [0.717, 1.165) is 34.0 Å². The van der Waals surface area contributed by atoms with Crippen molar-refractivity contribution in [3.05, 3.63) is 83.9 Å². The van der Waals surface area contributed by atoms with Crippen LogP contribution in [0.25, 0.3) is 0 Å². The first-order valence-electron chi connectivity index (χ1n) is 17.3. The maximum Gasteiger partial charge on any atom is 0.250 e. The normalized spacial score (nSPS) is 14.6. The third-order valence-corrected chi connectivity index (χ3v) is 8.22. The van der Waals surface area contributed by atoms with Gasteiger partial charge in [0.05, 0.1) is 53.1 Å². The smallest absolute Gasteiger partial charge is 0.250 e. The van der Waals surface area contributed by atoms with Crippen LogP contribution in [0, 0.1) is 0 Å². The number of hydrazone groups is 2. The largest absolute Gasteiger partial charge is 0.497 e. The second-order valence-electron chi connectivity index (χ2n) is 11.9. The van der Waals surface area contributed by atoms with Gasteiger partial charge in [0.15, 0.2) is 0 Å². The van der Waals surface area contributed by atoms with Gasteiger partial charge < -0.3 is 39.4 Å². The van der Waals surface area contributed by atoms with E-state index in [-0.39, 0.29) is 0 Å². The molecule has 2 aromatic heterocycles. The van der Waals surface area contributed by atoms with Crippen molar-refractivity contribution >= 4 is 59.5 Å². The summed E-state index contributed by atoms with van der Waals surface area (Å²) in [5, 5.41) is 15.3. The van der Waals surface area contributed by atoms with Crippen molar-refractivity contribution in [2.24, 2.45) is 10.2 Å². The van der Waals surface area contributed by atoms with Gasteiger partial charge in [-0.3, -0.25) is 0 Å². The van der Waals surface area contributed by atoms with Crippen LogP contribution in [0.15, 0.2) is 83.0 Å². The number of ether oxygens (including phenoxy) is 4. The van der Waals surface area contributed by atoms with Crippen molar-refractivity contribution in [1.29, 1.82) is 0 Å². The molecule has 0 amide bonds. The second kappa shape index (κ2) is 17.7. The molecule has 2 fully saturated rings. The highest BCUT2D eigenvalue weighted by Gasteiger charge is 2.18. The molecule has 18 heteroatoms. The number of nitrogens with zero attached hydrogens (tertiary/aromatic N) is 10. The third kappa shape index (κ3) is 9.81. The molecular weight excluding hydrogens is 692 g/mol. The molecule has 0 radical (unpaired) electrons. The van der Waals surface area contributed by atoms with Crippen LogP contribution in [0.3, 0.4) is 0 Å². The average molecular weight is 733 g/mol. The van der Waals surface area contributed by atoms with E-state index in [1.807, 2.05) is 72.8 Å². The molecule has 7 rings (SSSR count). The summed E-state index contributed by atoms with van der Waals surface area (Å²) >= 11 is 0. The number of anilines is 8. The van der Waals surface area contributed by atoms with Crippen molar-refractivity contribution < 1.29 is 18.9 Å². The monoisotopic (exact) mass is 732 g/mol. The molecule has 0 spiro atoms. The molecule has 0 saturated carbocycles. The van der Waals surface area contributed by atoms with Crippen LogP contribution in [0.4, 0.5) is 47.1 Å². The van der Waals surface area contributed by atoms with Gasteiger partial charge in [-0.05, 0) is 59.7 Å². The van der Waals surface area contributed by atoms with E-state index in [9.17, 15) is 0 Å². The van der Waals surface area contributed by atoms with Crippen LogP contribution >= 0.6 is 0 Å². The Labute approximate surface area is 311 Å². The Hall–Kier alpha value is -6.66. The Balaban J connectivity index is 0.996. The molecule has 2 aliphatic heterocycles. The van der Waals surface area contributed by atoms with Crippen molar-refractivity contribution in [3.63, 3.8) is 0 Å². The number of rotatable bonds is 14. The van der Waals surface area contributed by atoms with Crippen molar-refractivity contribution in [3.8, 4) is 11.5 Å². The van der Waals surface area contributed by atoms with Crippen LogP contribution in [0.5, 0.6) is 11.5 Å². The van der Waals surface area contributed by atoms with Crippen LogP contribution < -0.4 is 40.8 Å². The molecule has 18 nitrogen and oxygen atoms in total. The minimum atomic E-state index is 0.297. The van der Waals surface area contributed by atoms with Gasteiger partial charge in [0, 0.05) is 37.6 Å². The zero-order chi connectivity index (χ0) is 37.0. The van der Waals surface area contributed by atoms with E-state index in [1.165, 1.54) is 0 Å². The van der Waals surface area contributed by atoms with E-state index in [0.29, 0.717) is 88.3 Å². The first-order chi connectivity index (χ1) is 26.6. The van der Waals surface area contributed by atoms with Crippen molar-refractivity contribution in [2.45, 2.75) is 0 Å². The number of nitrogens with one attached hydrogen (secondary N) is 4. The van der Waals surface area contributed by atoms with Crippen molar-refractivity contribution in [2.75, 3.05) is 98.1 Å². The zero-order valence-electron chi connectivity index (χ0n) is 29.8. The lowest BCUT2D eigenvalue weighted by Gasteiger charge is -2.27. The van der Waals surface area contributed by atoms with E-state index in [4.69, 9.17) is 18.9 Å². The standard InChI is InChI=1S/C36H40N14O4/c1-51-29-11-7-27(8-12-29)39-31-41-33(45-35(43-31)49-15-19-53-20-16-49)47-37-23-25-3-5-26(6-4-25)24-38-48-34-42-32(40-28-9-13-30(52-2)14-10-28)44-36(46-34)50-17-21-54-22-18-50/h3-14,23-24H,15-22H2,1-2H3,(H2,39,41,43,45,47)(H2,40,42,44,46,48)/b37-23-,38-24-. The lowest BCUT2D eigenvalue weighted by Crippen LogP contribution is -2.37. The minimum absolute atomic E-state index is 0.297. The van der Waals surface area contributed by atoms with Crippen LogP contribution in [-0.2, 0) is 9.47 Å². The van der Waals surface area contributed by atoms with Gasteiger partial charge in [-0.15, -0.1) is 0 Å². The highest BCUT2D eigenvalue weighted by atomic mass is 16.5. The zero-order valence-corrected chi connectivity index (χ0v) is 29.8. The van der Waals surface area contributed by atoms with Crippen LogP contribution in [0.2, 0.25) is 0 Å². The molecular formula is C36H40N14O4. The first-order valence-corrected chi connectivity index (χ1v) is 17.3. The number of aromatic nitrogens is 6. The van der Waals surface area contributed by atoms with E-state index < -0.39 is 0 Å². The van der Waals surface area contributed by atoms with Crippen molar-refractivity contribution in [1.82, 2.24) is 29.9 Å². The first kappa shape index (κ1) is 35.7.